The normalized spacial score (nSPS) is 13.5. The second-order valence-corrected chi connectivity index (χ2v) is 5.58. The molecule has 7 nitrogen and oxygen atoms in total. The second kappa shape index (κ2) is 7.45. The highest BCUT2D eigenvalue weighted by Gasteiger charge is 2.32. The fourth-order valence-corrected chi connectivity index (χ4v) is 2.36. The number of benzene rings is 1. The maximum Gasteiger partial charge on any atom is 0.251 e. The van der Waals surface area contributed by atoms with Crippen molar-refractivity contribution in [2.45, 2.75) is 6.10 Å². The van der Waals surface area contributed by atoms with Crippen molar-refractivity contribution in [2.75, 3.05) is 19.6 Å². The third-order valence-electron chi connectivity index (χ3n) is 3.79. The number of nitrogens with zero attached hydrogens (tertiary/aromatic N) is 3. The third kappa shape index (κ3) is 4.12. The van der Waals surface area contributed by atoms with Gasteiger partial charge in [-0.05, 0) is 18.2 Å². The summed E-state index contributed by atoms with van der Waals surface area (Å²) in [4.78, 5) is 29.6. The average molecular weight is 336 g/mol. The molecule has 1 aliphatic heterocycles. The van der Waals surface area contributed by atoms with Crippen LogP contribution >= 0.6 is 0 Å². The van der Waals surface area contributed by atoms with E-state index in [4.69, 9.17) is 10.00 Å². The Bertz CT molecular complexity index is 793. The van der Waals surface area contributed by atoms with Gasteiger partial charge in [0.2, 0.25) is 11.8 Å². The molecule has 1 aliphatic rings. The molecule has 0 saturated carbocycles. The Morgan fingerprint density at radius 3 is 2.64 bits per heavy atom. The number of ether oxygens (including phenoxy) is 1. The fraction of sp³-hybridized carbons (Fsp3) is 0.222. The van der Waals surface area contributed by atoms with Crippen LogP contribution in [0.1, 0.15) is 15.9 Å². The zero-order chi connectivity index (χ0) is 17.6. The van der Waals surface area contributed by atoms with Crippen LogP contribution < -0.4 is 10.1 Å². The Morgan fingerprint density at radius 1 is 1.24 bits per heavy atom. The van der Waals surface area contributed by atoms with Crippen molar-refractivity contribution in [3.8, 4) is 11.9 Å². The Kier molecular flexibility index (Phi) is 4.90. The van der Waals surface area contributed by atoms with Crippen LogP contribution in [0.2, 0.25) is 0 Å². The summed E-state index contributed by atoms with van der Waals surface area (Å²) in [5, 5.41) is 11.3. The van der Waals surface area contributed by atoms with E-state index in [0.29, 0.717) is 30.1 Å². The SMILES string of the molecule is N#Cc1ccc(OC2CN(C(=O)CNC(=O)c3ccccc3)C2)nc1. The van der Waals surface area contributed by atoms with Gasteiger partial charge in [0.1, 0.15) is 12.2 Å². The maximum absolute atomic E-state index is 12.0. The average Bonchev–Trinajstić information content (AvgIpc) is 2.63. The number of carbonyl (C=O) groups is 2. The molecule has 2 amide bonds. The highest BCUT2D eigenvalue weighted by molar-refractivity contribution is 5.96. The van der Waals surface area contributed by atoms with E-state index < -0.39 is 0 Å². The lowest BCUT2D eigenvalue weighted by atomic mass is 10.1. The highest BCUT2D eigenvalue weighted by atomic mass is 16.5. The second-order valence-electron chi connectivity index (χ2n) is 5.58. The van der Waals surface area contributed by atoms with Crippen molar-refractivity contribution in [1.29, 1.82) is 5.26 Å². The van der Waals surface area contributed by atoms with Gasteiger partial charge in [0, 0.05) is 17.8 Å². The molecule has 0 bridgehead atoms. The number of hydrogen-bond acceptors (Lipinski definition) is 5. The molecule has 1 N–H and O–H groups in total. The quantitative estimate of drug-likeness (QED) is 0.878. The van der Waals surface area contributed by atoms with Crippen LogP contribution in [0.3, 0.4) is 0 Å². The van der Waals surface area contributed by atoms with E-state index in [0.717, 1.165) is 0 Å². The van der Waals surface area contributed by atoms with Crippen molar-refractivity contribution >= 4 is 11.8 Å². The van der Waals surface area contributed by atoms with Gasteiger partial charge < -0.3 is 15.0 Å². The minimum absolute atomic E-state index is 0.0461. The van der Waals surface area contributed by atoms with E-state index in [-0.39, 0.29) is 24.5 Å². The summed E-state index contributed by atoms with van der Waals surface area (Å²) >= 11 is 0. The smallest absolute Gasteiger partial charge is 0.251 e. The highest BCUT2D eigenvalue weighted by Crippen LogP contribution is 2.16. The molecule has 1 saturated heterocycles. The Hall–Kier alpha value is -3.40. The Balaban J connectivity index is 1.40. The van der Waals surface area contributed by atoms with Crippen molar-refractivity contribution in [2.24, 2.45) is 0 Å². The molecule has 3 rings (SSSR count). The van der Waals surface area contributed by atoms with Crippen molar-refractivity contribution < 1.29 is 14.3 Å². The zero-order valence-electron chi connectivity index (χ0n) is 13.4. The van der Waals surface area contributed by atoms with Gasteiger partial charge in [0.15, 0.2) is 0 Å². The number of nitrogens with one attached hydrogen (secondary N) is 1. The van der Waals surface area contributed by atoms with Crippen LogP contribution in [0.15, 0.2) is 48.7 Å². The largest absolute Gasteiger partial charge is 0.471 e. The van der Waals surface area contributed by atoms with Gasteiger partial charge in [0.25, 0.3) is 5.91 Å². The summed E-state index contributed by atoms with van der Waals surface area (Å²) in [6, 6.07) is 14.0. The van der Waals surface area contributed by atoms with Crippen molar-refractivity contribution in [3.05, 3.63) is 59.8 Å². The van der Waals surface area contributed by atoms with Gasteiger partial charge >= 0.3 is 0 Å². The number of nitriles is 1. The molecule has 2 aromatic rings. The molecule has 1 aromatic carbocycles. The molecular formula is C18H16N4O3. The van der Waals surface area contributed by atoms with E-state index in [1.165, 1.54) is 6.20 Å². The van der Waals surface area contributed by atoms with Crippen molar-refractivity contribution in [3.63, 3.8) is 0 Å². The predicted octanol–water partition coefficient (Wildman–Crippen LogP) is 0.973. The molecular weight excluding hydrogens is 320 g/mol. The first-order chi connectivity index (χ1) is 12.2. The number of likely N-dealkylation sites (tertiary alicyclic amines) is 1. The topological polar surface area (TPSA) is 95.3 Å². The zero-order valence-corrected chi connectivity index (χ0v) is 13.4. The van der Waals surface area contributed by atoms with Gasteiger partial charge in [-0.2, -0.15) is 5.26 Å². The number of carbonyl (C=O) groups excluding carboxylic acids is 2. The first kappa shape index (κ1) is 16.5. The van der Waals surface area contributed by atoms with E-state index in [2.05, 4.69) is 10.3 Å². The maximum atomic E-state index is 12.0. The lowest BCUT2D eigenvalue weighted by Crippen LogP contribution is -2.58. The number of amides is 2. The molecule has 126 valence electrons. The summed E-state index contributed by atoms with van der Waals surface area (Å²) in [6.45, 7) is 0.846. The van der Waals surface area contributed by atoms with Gasteiger partial charge in [0.05, 0.1) is 25.2 Å². The summed E-state index contributed by atoms with van der Waals surface area (Å²) in [7, 11) is 0. The minimum Gasteiger partial charge on any atom is -0.471 e. The molecule has 0 aliphatic carbocycles. The van der Waals surface area contributed by atoms with Crippen LogP contribution in [0.4, 0.5) is 0 Å². The summed E-state index contributed by atoms with van der Waals surface area (Å²) in [6.07, 6.45) is 1.31. The number of hydrogen-bond donors (Lipinski definition) is 1. The molecule has 1 aromatic heterocycles. The van der Waals surface area contributed by atoms with Crippen LogP contribution in [-0.2, 0) is 4.79 Å². The predicted molar refractivity (Wildman–Crippen MR) is 88.7 cm³/mol. The van der Waals surface area contributed by atoms with Crippen molar-refractivity contribution in [1.82, 2.24) is 15.2 Å². The molecule has 0 radical (unpaired) electrons. The van der Waals surface area contributed by atoms with Crippen LogP contribution in [0.5, 0.6) is 5.88 Å². The molecule has 25 heavy (non-hydrogen) atoms. The standard InChI is InChI=1S/C18H16N4O3/c19-8-13-6-7-16(20-9-13)25-15-11-22(12-15)17(23)10-21-18(24)14-4-2-1-3-5-14/h1-7,9,15H,10-12H2,(H,21,24). The number of rotatable bonds is 5. The first-order valence-corrected chi connectivity index (χ1v) is 7.79. The van der Waals surface area contributed by atoms with E-state index in [9.17, 15) is 9.59 Å². The van der Waals surface area contributed by atoms with Gasteiger partial charge in [-0.1, -0.05) is 18.2 Å². The lowest BCUT2D eigenvalue weighted by Gasteiger charge is -2.38. The molecule has 0 atom stereocenters. The van der Waals surface area contributed by atoms with E-state index in [1.54, 1.807) is 41.3 Å². The molecule has 2 heterocycles. The Morgan fingerprint density at radius 2 is 2.00 bits per heavy atom. The van der Waals surface area contributed by atoms with E-state index in [1.807, 2.05) is 12.1 Å². The lowest BCUT2D eigenvalue weighted by molar-refractivity contribution is -0.138. The van der Waals surface area contributed by atoms with E-state index >= 15 is 0 Å². The molecule has 7 heteroatoms. The monoisotopic (exact) mass is 336 g/mol. The summed E-state index contributed by atoms with van der Waals surface area (Å²) < 4.78 is 5.62. The molecule has 0 spiro atoms. The molecule has 1 fully saturated rings. The molecule has 0 unspecified atom stereocenters. The Labute approximate surface area is 144 Å². The van der Waals surface area contributed by atoms with Crippen LogP contribution in [0.25, 0.3) is 0 Å². The van der Waals surface area contributed by atoms with Gasteiger partial charge in [-0.25, -0.2) is 4.98 Å². The minimum atomic E-state index is -0.274. The fourth-order valence-electron chi connectivity index (χ4n) is 2.36. The van der Waals surface area contributed by atoms with Gasteiger partial charge in [-0.15, -0.1) is 0 Å². The van der Waals surface area contributed by atoms with Gasteiger partial charge in [-0.3, -0.25) is 9.59 Å². The number of pyridine rings is 1. The number of aromatic nitrogens is 1. The summed E-state index contributed by atoms with van der Waals surface area (Å²) in [5.41, 5.74) is 0.985. The first-order valence-electron chi connectivity index (χ1n) is 7.79. The third-order valence-corrected chi connectivity index (χ3v) is 3.79. The summed E-state index contributed by atoms with van der Waals surface area (Å²) in [5.74, 6) is -0.00514. The van der Waals surface area contributed by atoms with Crippen LogP contribution in [0, 0.1) is 11.3 Å². The van der Waals surface area contributed by atoms with Crippen LogP contribution in [-0.4, -0.2) is 47.4 Å².